The molecule has 0 saturated heterocycles. The second kappa shape index (κ2) is 15.2. The van der Waals surface area contributed by atoms with Crippen molar-refractivity contribution in [2.75, 3.05) is 13.1 Å². The van der Waals surface area contributed by atoms with Gasteiger partial charge in [0.2, 0.25) is 0 Å². The SMILES string of the molecule is CCNCC.CCn1ccnc1.Cl.Cl. The Labute approximate surface area is 99.1 Å². The minimum Gasteiger partial charge on any atom is -0.338 e. The normalized spacial score (nSPS) is 7.64. The standard InChI is InChI=1S/C5H8N2.C4H11N.2ClH/c1-2-7-4-3-6-5-7;1-3-5-4-2;;/h3-5H,2H2,1H3;5H,3-4H2,1-2H3;2*1H. The lowest BCUT2D eigenvalue weighted by Crippen LogP contribution is -2.09. The van der Waals surface area contributed by atoms with Crippen LogP contribution in [0.5, 0.6) is 0 Å². The van der Waals surface area contributed by atoms with Gasteiger partial charge in [-0.25, -0.2) is 4.98 Å². The lowest BCUT2D eigenvalue weighted by molar-refractivity contribution is 0.761. The summed E-state index contributed by atoms with van der Waals surface area (Å²) < 4.78 is 2.01. The lowest BCUT2D eigenvalue weighted by atomic mass is 10.7. The highest BCUT2D eigenvalue weighted by Crippen LogP contribution is 1.81. The van der Waals surface area contributed by atoms with Crippen molar-refractivity contribution in [2.24, 2.45) is 0 Å². The third-order valence-electron chi connectivity index (χ3n) is 1.42. The quantitative estimate of drug-likeness (QED) is 0.881. The largest absolute Gasteiger partial charge is 0.338 e. The van der Waals surface area contributed by atoms with Crippen molar-refractivity contribution in [1.29, 1.82) is 0 Å². The molecule has 1 aromatic heterocycles. The maximum Gasteiger partial charge on any atom is 0.0945 e. The Morgan fingerprint density at radius 2 is 1.71 bits per heavy atom. The summed E-state index contributed by atoms with van der Waals surface area (Å²) in [5, 5.41) is 3.11. The van der Waals surface area contributed by atoms with Crippen LogP contribution in [-0.2, 0) is 6.54 Å². The number of halogens is 2. The van der Waals surface area contributed by atoms with Gasteiger partial charge in [-0.3, -0.25) is 0 Å². The molecule has 0 bridgehead atoms. The molecule has 0 saturated carbocycles. The van der Waals surface area contributed by atoms with Gasteiger partial charge in [-0.1, -0.05) is 13.8 Å². The number of nitrogens with one attached hydrogen (secondary N) is 1. The molecule has 0 unspecified atom stereocenters. The summed E-state index contributed by atoms with van der Waals surface area (Å²) >= 11 is 0. The summed E-state index contributed by atoms with van der Waals surface area (Å²) in [6.07, 6.45) is 5.53. The molecular formula is C9H21Cl2N3. The molecular weight excluding hydrogens is 221 g/mol. The van der Waals surface area contributed by atoms with E-state index in [0.29, 0.717) is 0 Å². The molecule has 1 aromatic rings. The van der Waals surface area contributed by atoms with Crippen molar-refractivity contribution >= 4 is 24.8 Å². The number of hydrogen-bond donors (Lipinski definition) is 1. The number of hydrogen-bond acceptors (Lipinski definition) is 2. The maximum absolute atomic E-state index is 3.86. The Kier molecular flexibility index (Phi) is 21.0. The molecule has 0 aliphatic rings. The summed E-state index contributed by atoms with van der Waals surface area (Å²) in [4.78, 5) is 3.86. The van der Waals surface area contributed by atoms with Crippen LogP contribution in [0.1, 0.15) is 20.8 Å². The molecule has 0 aromatic carbocycles. The average Bonchev–Trinajstić information content (AvgIpc) is 2.58. The number of nitrogens with zero attached hydrogens (tertiary/aromatic N) is 2. The van der Waals surface area contributed by atoms with E-state index in [-0.39, 0.29) is 24.8 Å². The van der Waals surface area contributed by atoms with Gasteiger partial charge in [0.05, 0.1) is 6.33 Å². The highest BCUT2D eigenvalue weighted by atomic mass is 35.5. The van der Waals surface area contributed by atoms with Gasteiger partial charge in [-0.05, 0) is 20.0 Å². The summed E-state index contributed by atoms with van der Waals surface area (Å²) in [7, 11) is 0. The topological polar surface area (TPSA) is 29.9 Å². The summed E-state index contributed by atoms with van der Waals surface area (Å²) in [5.74, 6) is 0. The summed E-state index contributed by atoms with van der Waals surface area (Å²) in [5.41, 5.74) is 0. The monoisotopic (exact) mass is 241 g/mol. The first-order valence-electron chi connectivity index (χ1n) is 4.51. The van der Waals surface area contributed by atoms with Crippen molar-refractivity contribution in [3.8, 4) is 0 Å². The molecule has 0 amide bonds. The molecule has 14 heavy (non-hydrogen) atoms. The van der Waals surface area contributed by atoms with Crippen LogP contribution in [0.4, 0.5) is 0 Å². The van der Waals surface area contributed by atoms with E-state index in [9.17, 15) is 0 Å². The molecule has 5 heteroatoms. The molecule has 3 nitrogen and oxygen atoms in total. The van der Waals surface area contributed by atoms with Gasteiger partial charge < -0.3 is 9.88 Å². The van der Waals surface area contributed by atoms with E-state index in [0.717, 1.165) is 19.6 Å². The first-order valence-corrected chi connectivity index (χ1v) is 4.51. The van der Waals surface area contributed by atoms with Gasteiger partial charge in [0.1, 0.15) is 0 Å². The van der Waals surface area contributed by atoms with Crippen molar-refractivity contribution in [1.82, 2.24) is 14.9 Å². The predicted octanol–water partition coefficient (Wildman–Crippen LogP) is 2.36. The fraction of sp³-hybridized carbons (Fsp3) is 0.667. The molecule has 0 radical (unpaired) electrons. The third kappa shape index (κ3) is 11.8. The van der Waals surface area contributed by atoms with Gasteiger partial charge in [-0.2, -0.15) is 0 Å². The Morgan fingerprint density at radius 1 is 1.14 bits per heavy atom. The molecule has 0 atom stereocenters. The molecule has 86 valence electrons. The molecule has 0 aliphatic heterocycles. The second-order valence-electron chi connectivity index (χ2n) is 2.35. The zero-order valence-corrected chi connectivity index (χ0v) is 10.7. The average molecular weight is 242 g/mol. The second-order valence-corrected chi connectivity index (χ2v) is 2.35. The first-order chi connectivity index (χ1) is 5.85. The minimum atomic E-state index is 0. The van der Waals surface area contributed by atoms with Crippen LogP contribution >= 0.6 is 24.8 Å². The van der Waals surface area contributed by atoms with E-state index < -0.39 is 0 Å². The lowest BCUT2D eigenvalue weighted by Gasteiger charge is -1.87. The van der Waals surface area contributed by atoms with Gasteiger partial charge in [0, 0.05) is 18.9 Å². The zero-order valence-electron chi connectivity index (χ0n) is 9.06. The number of imidazole rings is 1. The van der Waals surface area contributed by atoms with Gasteiger partial charge in [-0.15, -0.1) is 24.8 Å². The predicted molar refractivity (Wildman–Crippen MR) is 66.6 cm³/mol. The Morgan fingerprint density at radius 3 is 1.86 bits per heavy atom. The fourth-order valence-corrected chi connectivity index (χ4v) is 0.724. The summed E-state index contributed by atoms with van der Waals surface area (Å²) in [6.45, 7) is 9.49. The van der Waals surface area contributed by atoms with Crippen LogP contribution < -0.4 is 5.32 Å². The number of rotatable bonds is 3. The molecule has 0 aliphatic carbocycles. The Bertz CT molecular complexity index is 165. The van der Waals surface area contributed by atoms with E-state index in [4.69, 9.17) is 0 Å². The zero-order chi connectivity index (χ0) is 9.23. The molecule has 1 heterocycles. The van der Waals surface area contributed by atoms with Crippen LogP contribution in [0.15, 0.2) is 18.7 Å². The van der Waals surface area contributed by atoms with Crippen molar-refractivity contribution in [3.05, 3.63) is 18.7 Å². The van der Waals surface area contributed by atoms with Crippen molar-refractivity contribution < 1.29 is 0 Å². The highest BCUT2D eigenvalue weighted by Gasteiger charge is 1.77. The molecule has 1 N–H and O–H groups in total. The third-order valence-corrected chi connectivity index (χ3v) is 1.42. The van der Waals surface area contributed by atoms with Crippen LogP contribution in [0, 0.1) is 0 Å². The smallest absolute Gasteiger partial charge is 0.0945 e. The van der Waals surface area contributed by atoms with E-state index >= 15 is 0 Å². The summed E-state index contributed by atoms with van der Waals surface area (Å²) in [6, 6.07) is 0. The van der Waals surface area contributed by atoms with Gasteiger partial charge in [0.15, 0.2) is 0 Å². The van der Waals surface area contributed by atoms with Crippen LogP contribution in [0.25, 0.3) is 0 Å². The Hall–Kier alpha value is -0.250. The van der Waals surface area contributed by atoms with E-state index in [1.54, 1.807) is 12.5 Å². The van der Waals surface area contributed by atoms with Crippen molar-refractivity contribution in [3.63, 3.8) is 0 Å². The number of aryl methyl sites for hydroxylation is 1. The van der Waals surface area contributed by atoms with E-state index in [1.807, 2.05) is 10.8 Å². The van der Waals surface area contributed by atoms with Crippen molar-refractivity contribution in [2.45, 2.75) is 27.3 Å². The highest BCUT2D eigenvalue weighted by molar-refractivity contribution is 5.85. The van der Waals surface area contributed by atoms with Gasteiger partial charge in [0.25, 0.3) is 0 Å². The van der Waals surface area contributed by atoms with Gasteiger partial charge >= 0.3 is 0 Å². The van der Waals surface area contributed by atoms with E-state index in [2.05, 4.69) is 31.1 Å². The first kappa shape index (κ1) is 19.3. The van der Waals surface area contributed by atoms with Crippen LogP contribution in [-0.4, -0.2) is 22.6 Å². The minimum absolute atomic E-state index is 0. The van der Waals surface area contributed by atoms with Crippen LogP contribution in [0.2, 0.25) is 0 Å². The molecule has 0 spiro atoms. The van der Waals surface area contributed by atoms with Crippen LogP contribution in [0.3, 0.4) is 0 Å². The maximum atomic E-state index is 3.86. The fourth-order valence-electron chi connectivity index (χ4n) is 0.724. The number of aromatic nitrogens is 2. The molecule has 1 rings (SSSR count). The Balaban J connectivity index is -0.000000159. The van der Waals surface area contributed by atoms with E-state index in [1.165, 1.54) is 0 Å². The molecule has 0 fully saturated rings.